The molecule has 0 atom stereocenters. The Kier molecular flexibility index (Phi) is 5.93. The molecule has 2 heterocycles. The van der Waals surface area contributed by atoms with Gasteiger partial charge in [0, 0.05) is 49.2 Å². The van der Waals surface area contributed by atoms with E-state index in [9.17, 15) is 4.79 Å². The normalized spacial score (nSPS) is 10.8. The van der Waals surface area contributed by atoms with Crippen LogP contribution in [0.4, 0.5) is 5.82 Å². The van der Waals surface area contributed by atoms with Gasteiger partial charge >= 0.3 is 0 Å². The summed E-state index contributed by atoms with van der Waals surface area (Å²) in [5, 5.41) is 7.33. The summed E-state index contributed by atoms with van der Waals surface area (Å²) in [6, 6.07) is 11.3. The Bertz CT molecular complexity index is 951. The van der Waals surface area contributed by atoms with Crippen LogP contribution < -0.4 is 15.0 Å². The summed E-state index contributed by atoms with van der Waals surface area (Å²) < 4.78 is 7.08. The first-order valence-corrected chi connectivity index (χ1v) is 9.12. The number of aromatic nitrogens is 3. The number of methoxy groups -OCH3 is 1. The average molecular weight is 379 g/mol. The lowest BCUT2D eigenvalue weighted by Gasteiger charge is -2.18. The average Bonchev–Trinajstić information content (AvgIpc) is 3.16. The third-order valence-electron chi connectivity index (χ3n) is 4.19. The maximum absolute atomic E-state index is 12.2. The molecule has 1 aromatic carbocycles. The number of benzene rings is 1. The first kappa shape index (κ1) is 19.4. The lowest BCUT2D eigenvalue weighted by Crippen LogP contribution is -2.30. The molecule has 1 N–H and O–H groups in total. The molecule has 0 aliphatic rings. The van der Waals surface area contributed by atoms with Gasteiger partial charge in [-0.05, 0) is 38.1 Å². The number of rotatable bonds is 7. The highest BCUT2D eigenvalue weighted by molar-refractivity contribution is 5.94. The van der Waals surface area contributed by atoms with Gasteiger partial charge in [-0.25, -0.2) is 9.67 Å². The molecule has 0 aliphatic heterocycles. The smallest absolute Gasteiger partial charge is 0.251 e. The molecule has 3 aromatic rings. The molecule has 2 aromatic heterocycles. The fraction of sp³-hybridized carbons (Fsp3) is 0.286. The molecule has 7 heteroatoms. The van der Waals surface area contributed by atoms with E-state index in [0.29, 0.717) is 12.1 Å². The third-order valence-corrected chi connectivity index (χ3v) is 4.19. The van der Waals surface area contributed by atoms with Crippen LogP contribution in [0.2, 0.25) is 0 Å². The van der Waals surface area contributed by atoms with Gasteiger partial charge in [-0.3, -0.25) is 4.79 Å². The van der Waals surface area contributed by atoms with E-state index >= 15 is 0 Å². The Morgan fingerprint density at radius 3 is 2.86 bits per heavy atom. The molecule has 0 bridgehead atoms. The third kappa shape index (κ3) is 4.68. The second-order valence-corrected chi connectivity index (χ2v) is 6.88. The monoisotopic (exact) mass is 379 g/mol. The molecule has 0 radical (unpaired) electrons. The van der Waals surface area contributed by atoms with Crippen molar-refractivity contribution in [3.05, 3.63) is 66.1 Å². The van der Waals surface area contributed by atoms with Crippen LogP contribution >= 0.6 is 0 Å². The van der Waals surface area contributed by atoms with Gasteiger partial charge in [0.1, 0.15) is 11.6 Å². The molecule has 3 rings (SSSR count). The number of ether oxygens (including phenoxy) is 1. The SMILES string of the molecule is COc1cccc(-n2cc(CN(C)c3cc(C(=O)NC(C)C)ccn3)cn2)c1. The summed E-state index contributed by atoms with van der Waals surface area (Å²) in [4.78, 5) is 18.6. The number of carbonyl (C=O) groups is 1. The maximum atomic E-state index is 12.2. The minimum Gasteiger partial charge on any atom is -0.497 e. The van der Waals surface area contributed by atoms with E-state index in [1.54, 1.807) is 25.4 Å². The van der Waals surface area contributed by atoms with Crippen molar-refractivity contribution in [1.29, 1.82) is 0 Å². The number of hydrogen-bond donors (Lipinski definition) is 1. The van der Waals surface area contributed by atoms with E-state index < -0.39 is 0 Å². The Labute approximate surface area is 165 Å². The van der Waals surface area contributed by atoms with Crippen LogP contribution in [0.15, 0.2) is 55.0 Å². The standard InChI is InChI=1S/C21H25N5O2/c1-15(2)24-21(27)17-8-9-22-20(10-17)25(3)13-16-12-23-26(14-16)18-6-5-7-19(11-18)28-4/h5-12,14-15H,13H2,1-4H3,(H,24,27). The first-order valence-electron chi connectivity index (χ1n) is 9.12. The van der Waals surface area contributed by atoms with Crippen molar-refractivity contribution in [3.63, 3.8) is 0 Å². The van der Waals surface area contributed by atoms with Crippen LogP contribution in [-0.2, 0) is 6.54 Å². The molecule has 0 saturated carbocycles. The van der Waals surface area contributed by atoms with E-state index in [2.05, 4.69) is 15.4 Å². The number of nitrogens with one attached hydrogen (secondary N) is 1. The molecule has 1 amide bonds. The van der Waals surface area contributed by atoms with Crippen LogP contribution in [-0.4, -0.2) is 40.9 Å². The number of nitrogens with zero attached hydrogens (tertiary/aromatic N) is 4. The van der Waals surface area contributed by atoms with Crippen molar-refractivity contribution >= 4 is 11.7 Å². The number of pyridine rings is 1. The first-order chi connectivity index (χ1) is 13.5. The fourth-order valence-corrected chi connectivity index (χ4v) is 2.80. The van der Waals surface area contributed by atoms with Gasteiger partial charge < -0.3 is 15.0 Å². The van der Waals surface area contributed by atoms with Crippen molar-refractivity contribution < 1.29 is 9.53 Å². The van der Waals surface area contributed by atoms with Crippen LogP contribution in [0.25, 0.3) is 5.69 Å². The van der Waals surface area contributed by atoms with Crippen LogP contribution in [0.3, 0.4) is 0 Å². The Balaban J connectivity index is 1.72. The summed E-state index contributed by atoms with van der Waals surface area (Å²) in [6.45, 7) is 4.49. The Morgan fingerprint density at radius 1 is 1.29 bits per heavy atom. The highest BCUT2D eigenvalue weighted by Crippen LogP contribution is 2.18. The molecule has 0 unspecified atom stereocenters. The largest absolute Gasteiger partial charge is 0.497 e. The minimum absolute atomic E-state index is 0.0873. The zero-order valence-corrected chi connectivity index (χ0v) is 16.6. The summed E-state index contributed by atoms with van der Waals surface area (Å²) in [5.74, 6) is 1.41. The summed E-state index contributed by atoms with van der Waals surface area (Å²) in [5.41, 5.74) is 2.56. The molecule has 0 aliphatic carbocycles. The van der Waals surface area contributed by atoms with Crippen molar-refractivity contribution in [2.75, 3.05) is 19.1 Å². The van der Waals surface area contributed by atoms with Crippen molar-refractivity contribution in [2.24, 2.45) is 0 Å². The topological polar surface area (TPSA) is 72.3 Å². The van der Waals surface area contributed by atoms with Crippen LogP contribution in [0, 0.1) is 0 Å². The van der Waals surface area contributed by atoms with Gasteiger partial charge in [0.25, 0.3) is 5.91 Å². The highest BCUT2D eigenvalue weighted by atomic mass is 16.5. The fourth-order valence-electron chi connectivity index (χ4n) is 2.80. The van der Waals surface area contributed by atoms with Gasteiger partial charge in [-0.1, -0.05) is 6.07 Å². The number of anilines is 1. The molecule has 28 heavy (non-hydrogen) atoms. The zero-order valence-electron chi connectivity index (χ0n) is 16.6. The number of hydrogen-bond acceptors (Lipinski definition) is 5. The Morgan fingerprint density at radius 2 is 2.11 bits per heavy atom. The lowest BCUT2D eigenvalue weighted by atomic mass is 10.2. The van der Waals surface area contributed by atoms with Crippen LogP contribution in [0.1, 0.15) is 29.8 Å². The van der Waals surface area contributed by atoms with Gasteiger partial charge in [0.15, 0.2) is 0 Å². The molecule has 0 saturated heterocycles. The molecule has 0 spiro atoms. The lowest BCUT2D eigenvalue weighted by molar-refractivity contribution is 0.0943. The quantitative estimate of drug-likeness (QED) is 0.683. The van der Waals surface area contributed by atoms with Crippen LogP contribution in [0.5, 0.6) is 5.75 Å². The van der Waals surface area contributed by atoms with E-state index in [-0.39, 0.29) is 11.9 Å². The van der Waals surface area contributed by atoms with E-state index in [1.165, 1.54) is 0 Å². The molecular weight excluding hydrogens is 354 g/mol. The Hall–Kier alpha value is -3.35. The van der Waals surface area contributed by atoms with Crippen molar-refractivity contribution in [2.45, 2.75) is 26.4 Å². The summed E-state index contributed by atoms with van der Waals surface area (Å²) in [7, 11) is 3.58. The van der Waals surface area contributed by atoms with E-state index in [1.807, 2.05) is 67.1 Å². The molecular formula is C21H25N5O2. The van der Waals surface area contributed by atoms with Gasteiger partial charge in [0.05, 0.1) is 19.0 Å². The summed E-state index contributed by atoms with van der Waals surface area (Å²) in [6.07, 6.45) is 5.45. The van der Waals surface area contributed by atoms with Crippen molar-refractivity contribution in [1.82, 2.24) is 20.1 Å². The number of amides is 1. The van der Waals surface area contributed by atoms with Gasteiger partial charge in [0.2, 0.25) is 0 Å². The van der Waals surface area contributed by atoms with E-state index in [0.717, 1.165) is 22.8 Å². The molecule has 0 fully saturated rings. The van der Waals surface area contributed by atoms with E-state index in [4.69, 9.17) is 4.74 Å². The minimum atomic E-state index is -0.0992. The van der Waals surface area contributed by atoms with Gasteiger partial charge in [-0.15, -0.1) is 0 Å². The van der Waals surface area contributed by atoms with Crippen molar-refractivity contribution in [3.8, 4) is 11.4 Å². The molecule has 7 nitrogen and oxygen atoms in total. The predicted molar refractivity (Wildman–Crippen MR) is 109 cm³/mol. The second-order valence-electron chi connectivity index (χ2n) is 6.88. The maximum Gasteiger partial charge on any atom is 0.251 e. The predicted octanol–water partition coefficient (Wildman–Crippen LogP) is 3.05. The number of carbonyl (C=O) groups excluding carboxylic acids is 1. The zero-order chi connectivity index (χ0) is 20.1. The highest BCUT2D eigenvalue weighted by Gasteiger charge is 2.11. The molecule has 146 valence electrons. The summed E-state index contributed by atoms with van der Waals surface area (Å²) >= 11 is 0. The second kappa shape index (κ2) is 8.56. The van der Waals surface area contributed by atoms with Gasteiger partial charge in [-0.2, -0.15) is 5.10 Å².